The Balaban J connectivity index is -0.000000221. The third kappa shape index (κ3) is 25.3. The highest BCUT2D eigenvalue weighted by Gasteiger charge is 2.11. The van der Waals surface area contributed by atoms with Gasteiger partial charge in [0, 0.05) is 12.8 Å². The number of hydrogen-bond acceptors (Lipinski definition) is 4. The van der Waals surface area contributed by atoms with Crippen molar-refractivity contribution >= 4 is 17.9 Å². The first-order chi connectivity index (χ1) is 9.26. The van der Waals surface area contributed by atoms with Crippen LogP contribution in [-0.2, 0) is 14.4 Å². The molecule has 0 radical (unpaired) electrons. The average molecular weight is 294 g/mol. The van der Waals surface area contributed by atoms with Crippen molar-refractivity contribution in [3.63, 3.8) is 0 Å². The van der Waals surface area contributed by atoms with Crippen LogP contribution in [0.25, 0.3) is 0 Å². The van der Waals surface area contributed by atoms with E-state index in [1.807, 2.05) is 13.8 Å². The maximum Gasteiger partial charge on any atom is 0.308 e. The largest absolute Gasteiger partial charge is 0.481 e. The summed E-state index contributed by atoms with van der Waals surface area (Å²) in [5.74, 6) is -2.92. The Morgan fingerprint density at radius 2 is 1.20 bits per heavy atom. The summed E-state index contributed by atoms with van der Waals surface area (Å²) in [6, 6.07) is 0. The number of aliphatic hydroxyl groups is 1. The van der Waals surface area contributed by atoms with Crippen molar-refractivity contribution in [3.8, 4) is 0 Å². The van der Waals surface area contributed by atoms with Gasteiger partial charge in [0.1, 0.15) is 0 Å². The van der Waals surface area contributed by atoms with Gasteiger partial charge in [0.2, 0.25) is 0 Å². The van der Waals surface area contributed by atoms with E-state index in [0.717, 1.165) is 12.8 Å². The fourth-order valence-corrected chi connectivity index (χ4v) is 0.810. The minimum atomic E-state index is -0.921. The van der Waals surface area contributed by atoms with E-state index in [9.17, 15) is 14.4 Å². The van der Waals surface area contributed by atoms with Crippen molar-refractivity contribution in [3.05, 3.63) is 0 Å². The molecule has 1 atom stereocenters. The number of hydrogen-bond donors (Lipinski definition) is 4. The van der Waals surface area contributed by atoms with Gasteiger partial charge in [-0.3, -0.25) is 14.4 Å². The predicted molar refractivity (Wildman–Crippen MR) is 73.6 cm³/mol. The summed E-state index contributed by atoms with van der Waals surface area (Å²) in [5, 5.41) is 32.4. The zero-order valence-electron chi connectivity index (χ0n) is 12.3. The van der Waals surface area contributed by atoms with Crippen molar-refractivity contribution in [2.24, 2.45) is 5.92 Å². The van der Waals surface area contributed by atoms with E-state index in [0.29, 0.717) is 19.3 Å². The summed E-state index contributed by atoms with van der Waals surface area (Å²) in [6.07, 6.45) is 2.54. The Morgan fingerprint density at radius 1 is 0.850 bits per heavy atom. The van der Waals surface area contributed by atoms with Gasteiger partial charge in [-0.2, -0.15) is 0 Å². The lowest BCUT2D eigenvalue weighted by Gasteiger charge is -2.01. The zero-order valence-corrected chi connectivity index (χ0v) is 12.3. The van der Waals surface area contributed by atoms with Gasteiger partial charge in [0.15, 0.2) is 0 Å². The number of carboxylic acid groups (broad SMARTS) is 3. The molecule has 0 amide bonds. The highest BCUT2D eigenvalue weighted by molar-refractivity contribution is 5.69. The Kier molecular flexibility index (Phi) is 20.4. The summed E-state index contributed by atoms with van der Waals surface area (Å²) in [6.45, 7) is 5.16. The van der Waals surface area contributed by atoms with Crippen LogP contribution in [0.1, 0.15) is 52.9 Å². The second-order valence-corrected chi connectivity index (χ2v) is 3.91. The molecule has 0 saturated heterocycles. The Morgan fingerprint density at radius 3 is 1.20 bits per heavy atom. The maximum absolute atomic E-state index is 10.0. The van der Waals surface area contributed by atoms with Gasteiger partial charge in [0.25, 0.3) is 0 Å². The minimum Gasteiger partial charge on any atom is -0.481 e. The first-order valence-corrected chi connectivity index (χ1v) is 6.53. The lowest BCUT2D eigenvalue weighted by Crippen LogP contribution is -2.16. The number of rotatable bonds is 7. The van der Waals surface area contributed by atoms with Gasteiger partial charge in [-0.1, -0.05) is 20.8 Å². The first-order valence-electron chi connectivity index (χ1n) is 6.53. The van der Waals surface area contributed by atoms with Crippen LogP contribution >= 0.6 is 0 Å². The maximum atomic E-state index is 10.0. The normalized spacial score (nSPS) is 10.2. The van der Waals surface area contributed by atoms with Crippen LogP contribution in [0.4, 0.5) is 0 Å². The fraction of sp³-hybridized carbons (Fsp3) is 0.769. The molecule has 7 nitrogen and oxygen atoms in total. The molecule has 0 aromatic rings. The number of carbonyl (C=O) groups is 3. The molecule has 0 aliphatic heterocycles. The van der Waals surface area contributed by atoms with E-state index >= 15 is 0 Å². The molecule has 0 aromatic heterocycles. The number of aliphatic carboxylic acids is 3. The van der Waals surface area contributed by atoms with Crippen LogP contribution in [0.2, 0.25) is 0 Å². The van der Waals surface area contributed by atoms with E-state index in [4.69, 9.17) is 20.4 Å². The van der Waals surface area contributed by atoms with Crippen LogP contribution in [-0.4, -0.2) is 44.9 Å². The molecule has 0 aromatic carbocycles. The zero-order chi connectivity index (χ0) is 16.6. The molecular weight excluding hydrogens is 268 g/mol. The van der Waals surface area contributed by atoms with Crippen molar-refractivity contribution in [1.29, 1.82) is 0 Å². The minimum absolute atomic E-state index is 0.258. The molecule has 0 fully saturated rings. The monoisotopic (exact) mass is 294 g/mol. The highest BCUT2D eigenvalue weighted by Crippen LogP contribution is 1.98. The van der Waals surface area contributed by atoms with E-state index in [1.165, 1.54) is 0 Å². The van der Waals surface area contributed by atoms with Crippen LogP contribution in [0.3, 0.4) is 0 Å². The van der Waals surface area contributed by atoms with Gasteiger partial charge >= 0.3 is 17.9 Å². The summed E-state index contributed by atoms with van der Waals surface area (Å²) >= 11 is 0. The number of carboxylic acids is 3. The molecule has 1 unspecified atom stereocenters. The lowest BCUT2D eigenvalue weighted by molar-refractivity contribution is -0.143. The molecular formula is C13H26O7. The smallest absolute Gasteiger partial charge is 0.308 e. The Labute approximate surface area is 119 Å². The van der Waals surface area contributed by atoms with Crippen LogP contribution in [0.5, 0.6) is 0 Å². The fourth-order valence-electron chi connectivity index (χ4n) is 0.810. The molecule has 7 heteroatoms. The van der Waals surface area contributed by atoms with E-state index in [2.05, 4.69) is 0 Å². The lowest BCUT2D eigenvalue weighted by atomic mass is 10.1. The van der Waals surface area contributed by atoms with Gasteiger partial charge in [-0.15, -0.1) is 0 Å². The van der Waals surface area contributed by atoms with Gasteiger partial charge in [0.05, 0.1) is 12.5 Å². The quantitative estimate of drug-likeness (QED) is 0.563. The average Bonchev–Trinajstić information content (AvgIpc) is 2.31. The summed E-state index contributed by atoms with van der Waals surface area (Å²) in [7, 11) is 0. The molecule has 20 heavy (non-hydrogen) atoms. The summed E-state index contributed by atoms with van der Waals surface area (Å²) in [5.41, 5.74) is 0. The molecule has 0 saturated carbocycles. The third-order valence-corrected chi connectivity index (χ3v) is 1.99. The summed E-state index contributed by atoms with van der Waals surface area (Å²) < 4.78 is 0. The standard InChI is InChI=1S/C5H10O3.2C4H8O2/c1-2-4(3-6)5(7)8;2*1-2-3-4(5)6/h4,6H,2-3H2,1H3,(H,7,8);2*2-3H2,1H3,(H,5,6). The van der Waals surface area contributed by atoms with Gasteiger partial charge < -0.3 is 20.4 Å². The molecule has 0 aliphatic carbocycles. The number of aliphatic hydroxyl groups excluding tert-OH is 1. The SMILES string of the molecule is CCC(CO)C(=O)O.CCCC(=O)O.CCCC(=O)O. The van der Waals surface area contributed by atoms with E-state index in [1.54, 1.807) is 6.92 Å². The Hall–Kier alpha value is -1.63. The van der Waals surface area contributed by atoms with Gasteiger partial charge in [-0.25, -0.2) is 0 Å². The highest BCUT2D eigenvalue weighted by atomic mass is 16.4. The molecule has 0 rings (SSSR count). The molecule has 0 aliphatic rings. The van der Waals surface area contributed by atoms with E-state index in [-0.39, 0.29) is 6.61 Å². The molecule has 0 heterocycles. The van der Waals surface area contributed by atoms with Crippen LogP contribution < -0.4 is 0 Å². The van der Waals surface area contributed by atoms with E-state index < -0.39 is 23.8 Å². The van der Waals surface area contributed by atoms with Crippen molar-refractivity contribution in [2.45, 2.75) is 52.9 Å². The first kappa shape index (κ1) is 23.5. The van der Waals surface area contributed by atoms with Gasteiger partial charge in [-0.05, 0) is 19.3 Å². The predicted octanol–water partition coefficient (Wildman–Crippen LogP) is 1.83. The van der Waals surface area contributed by atoms with Crippen molar-refractivity contribution in [2.75, 3.05) is 6.61 Å². The van der Waals surface area contributed by atoms with Crippen molar-refractivity contribution < 1.29 is 34.8 Å². The topological polar surface area (TPSA) is 132 Å². The molecule has 4 N–H and O–H groups in total. The van der Waals surface area contributed by atoms with Crippen molar-refractivity contribution in [1.82, 2.24) is 0 Å². The third-order valence-electron chi connectivity index (χ3n) is 1.99. The Bertz CT molecular complexity index is 243. The van der Waals surface area contributed by atoms with Crippen LogP contribution in [0.15, 0.2) is 0 Å². The molecule has 0 spiro atoms. The second kappa shape index (κ2) is 17.4. The second-order valence-electron chi connectivity index (χ2n) is 3.91. The molecule has 120 valence electrons. The molecule has 0 bridgehead atoms. The summed E-state index contributed by atoms with van der Waals surface area (Å²) in [4.78, 5) is 29.2. The van der Waals surface area contributed by atoms with Crippen LogP contribution in [0, 0.1) is 5.92 Å².